The summed E-state index contributed by atoms with van der Waals surface area (Å²) in [6.07, 6.45) is -4.91. The molecule has 1 N–H and O–H groups in total. The van der Waals surface area contributed by atoms with E-state index in [1.807, 2.05) is 5.32 Å². The Kier molecular flexibility index (Phi) is 6.94. The highest BCUT2D eigenvalue weighted by Crippen LogP contribution is 2.38. The molecule has 0 saturated carbocycles. The van der Waals surface area contributed by atoms with Crippen LogP contribution in [0.25, 0.3) is 0 Å². The van der Waals surface area contributed by atoms with Gasteiger partial charge in [0.05, 0.1) is 21.2 Å². The van der Waals surface area contributed by atoms with Crippen LogP contribution in [-0.2, 0) is 21.0 Å². The highest BCUT2D eigenvalue weighted by molar-refractivity contribution is 7.92. The van der Waals surface area contributed by atoms with Crippen molar-refractivity contribution in [2.75, 3.05) is 16.2 Å². The Morgan fingerprint density at radius 1 is 0.939 bits per heavy atom. The molecule has 0 bridgehead atoms. The summed E-state index contributed by atoms with van der Waals surface area (Å²) < 4.78 is 94.5. The summed E-state index contributed by atoms with van der Waals surface area (Å²) in [4.78, 5) is 12.2. The van der Waals surface area contributed by atoms with E-state index < -0.39 is 62.2 Å². The van der Waals surface area contributed by atoms with Crippen LogP contribution in [0.3, 0.4) is 0 Å². The van der Waals surface area contributed by atoms with Crippen LogP contribution in [0.15, 0.2) is 71.6 Å². The van der Waals surface area contributed by atoms with E-state index in [0.717, 1.165) is 30.3 Å². The minimum absolute atomic E-state index is 0.321. The van der Waals surface area contributed by atoms with Crippen molar-refractivity contribution in [1.82, 2.24) is 0 Å². The maximum absolute atomic E-state index is 13.9. The molecule has 3 aromatic carbocycles. The molecule has 12 heteroatoms. The second kappa shape index (κ2) is 9.36. The molecule has 0 fully saturated rings. The molecular weight excluding hydrogens is 491 g/mol. The zero-order valence-electron chi connectivity index (χ0n) is 16.4. The lowest BCUT2D eigenvalue weighted by Crippen LogP contribution is -2.38. The fourth-order valence-corrected chi connectivity index (χ4v) is 4.51. The van der Waals surface area contributed by atoms with Crippen LogP contribution in [0.5, 0.6) is 0 Å². The zero-order chi connectivity index (χ0) is 24.4. The number of para-hydroxylation sites is 1. The van der Waals surface area contributed by atoms with Gasteiger partial charge in [0.1, 0.15) is 23.9 Å². The Balaban J connectivity index is 2.06. The number of nitrogens with zero attached hydrogens (tertiary/aromatic N) is 1. The molecule has 33 heavy (non-hydrogen) atoms. The molecule has 0 heterocycles. The molecule has 0 unspecified atom stereocenters. The first-order valence-corrected chi connectivity index (χ1v) is 10.9. The highest BCUT2D eigenvalue weighted by atomic mass is 35.5. The fraction of sp³-hybridized carbons (Fsp3) is 0.0952. The number of sulfonamides is 1. The van der Waals surface area contributed by atoms with Gasteiger partial charge >= 0.3 is 6.18 Å². The van der Waals surface area contributed by atoms with Crippen molar-refractivity contribution >= 4 is 38.9 Å². The van der Waals surface area contributed by atoms with E-state index in [2.05, 4.69) is 0 Å². The average Bonchev–Trinajstić information content (AvgIpc) is 2.75. The van der Waals surface area contributed by atoms with E-state index in [1.54, 1.807) is 0 Å². The minimum Gasteiger partial charge on any atom is -0.320 e. The quantitative estimate of drug-likeness (QED) is 0.453. The van der Waals surface area contributed by atoms with Crippen LogP contribution in [0.4, 0.5) is 33.3 Å². The van der Waals surface area contributed by atoms with Crippen molar-refractivity contribution in [2.45, 2.75) is 11.1 Å². The molecule has 0 aliphatic carbocycles. The Labute approximate surface area is 190 Å². The third-order valence-corrected chi connectivity index (χ3v) is 6.51. The summed E-state index contributed by atoms with van der Waals surface area (Å²) in [5, 5.41) is 1.24. The number of anilines is 2. The SMILES string of the molecule is O=C(CN(c1ccc(Cl)c(C(F)(F)F)c1)S(=O)(=O)c1ccccc1)Nc1c(F)cccc1F. The van der Waals surface area contributed by atoms with Gasteiger partial charge in [-0.3, -0.25) is 9.10 Å². The number of halogens is 6. The number of nitrogens with one attached hydrogen (secondary N) is 1. The molecule has 0 atom stereocenters. The van der Waals surface area contributed by atoms with Gasteiger partial charge in [-0.05, 0) is 42.5 Å². The molecule has 1 amide bonds. The van der Waals surface area contributed by atoms with E-state index in [4.69, 9.17) is 11.6 Å². The number of hydrogen-bond donors (Lipinski definition) is 1. The summed E-state index contributed by atoms with van der Waals surface area (Å²) in [5.74, 6) is -3.43. The molecule has 0 aromatic heterocycles. The third-order valence-electron chi connectivity index (χ3n) is 4.39. The van der Waals surface area contributed by atoms with Crippen LogP contribution < -0.4 is 9.62 Å². The van der Waals surface area contributed by atoms with Gasteiger partial charge in [0.25, 0.3) is 10.0 Å². The van der Waals surface area contributed by atoms with Gasteiger partial charge in [0, 0.05) is 0 Å². The number of rotatable bonds is 6. The van der Waals surface area contributed by atoms with Gasteiger partial charge in [0.2, 0.25) is 5.91 Å². The maximum Gasteiger partial charge on any atom is 0.417 e. The minimum atomic E-state index is -4.91. The standard InChI is InChI=1S/C21H14ClF5N2O3S/c22-16-10-9-13(11-15(16)21(25,26)27)29(33(31,32)14-5-2-1-3-6-14)12-19(30)28-20-17(23)7-4-8-18(20)24/h1-11H,12H2,(H,28,30). The van der Waals surface area contributed by atoms with Crippen molar-refractivity contribution in [2.24, 2.45) is 0 Å². The summed E-state index contributed by atoms with van der Waals surface area (Å²) in [5.41, 5.74) is -2.68. The second-order valence-corrected chi connectivity index (χ2v) is 8.90. The van der Waals surface area contributed by atoms with Crippen LogP contribution in [0, 0.1) is 11.6 Å². The second-order valence-electron chi connectivity index (χ2n) is 6.63. The normalized spacial score (nSPS) is 11.8. The van der Waals surface area contributed by atoms with Crippen molar-refractivity contribution < 1.29 is 35.2 Å². The molecule has 0 saturated heterocycles. The first-order chi connectivity index (χ1) is 15.4. The predicted molar refractivity (Wildman–Crippen MR) is 112 cm³/mol. The number of carbonyl (C=O) groups is 1. The Bertz CT molecular complexity index is 1260. The van der Waals surface area contributed by atoms with Crippen LogP contribution in [-0.4, -0.2) is 20.9 Å². The van der Waals surface area contributed by atoms with Gasteiger partial charge in [-0.1, -0.05) is 35.9 Å². The van der Waals surface area contributed by atoms with Gasteiger partial charge in [-0.15, -0.1) is 0 Å². The highest BCUT2D eigenvalue weighted by Gasteiger charge is 2.35. The van der Waals surface area contributed by atoms with Gasteiger partial charge in [-0.2, -0.15) is 13.2 Å². The topological polar surface area (TPSA) is 66.5 Å². The first-order valence-electron chi connectivity index (χ1n) is 9.09. The third kappa shape index (κ3) is 5.42. The smallest absolute Gasteiger partial charge is 0.320 e. The largest absolute Gasteiger partial charge is 0.417 e. The molecule has 0 spiro atoms. The number of amides is 1. The number of benzene rings is 3. The molecule has 5 nitrogen and oxygen atoms in total. The van der Waals surface area contributed by atoms with E-state index >= 15 is 0 Å². The molecule has 0 radical (unpaired) electrons. The lowest BCUT2D eigenvalue weighted by Gasteiger charge is -2.25. The fourth-order valence-electron chi connectivity index (χ4n) is 2.85. The average molecular weight is 505 g/mol. The monoisotopic (exact) mass is 504 g/mol. The molecular formula is C21H14ClF5N2O3S. The number of alkyl halides is 3. The first kappa shape index (κ1) is 24.5. The summed E-state index contributed by atoms with van der Waals surface area (Å²) >= 11 is 5.61. The van der Waals surface area contributed by atoms with Gasteiger partial charge in [0.15, 0.2) is 0 Å². The maximum atomic E-state index is 13.9. The van der Waals surface area contributed by atoms with Crippen molar-refractivity contribution in [1.29, 1.82) is 0 Å². The summed E-state index contributed by atoms with van der Waals surface area (Å²) in [7, 11) is -4.56. The van der Waals surface area contributed by atoms with E-state index in [0.29, 0.717) is 10.4 Å². The van der Waals surface area contributed by atoms with Crippen molar-refractivity contribution in [3.05, 3.63) is 89.0 Å². The van der Waals surface area contributed by atoms with Gasteiger partial charge in [-0.25, -0.2) is 17.2 Å². The number of hydrogen-bond acceptors (Lipinski definition) is 3. The van der Waals surface area contributed by atoms with E-state index in [1.165, 1.54) is 30.3 Å². The zero-order valence-corrected chi connectivity index (χ0v) is 18.0. The van der Waals surface area contributed by atoms with Crippen molar-refractivity contribution in [3.63, 3.8) is 0 Å². The van der Waals surface area contributed by atoms with Crippen LogP contribution in [0.1, 0.15) is 5.56 Å². The van der Waals surface area contributed by atoms with E-state index in [-0.39, 0.29) is 4.90 Å². The Hall–Kier alpha value is -3.18. The lowest BCUT2D eigenvalue weighted by molar-refractivity contribution is -0.137. The molecule has 174 valence electrons. The Morgan fingerprint density at radius 3 is 2.12 bits per heavy atom. The number of carbonyl (C=O) groups excluding carboxylic acids is 1. The molecule has 0 aliphatic rings. The van der Waals surface area contributed by atoms with Gasteiger partial charge < -0.3 is 5.32 Å². The predicted octanol–water partition coefficient (Wildman–Crippen LogP) is 5.47. The molecule has 0 aliphatic heterocycles. The van der Waals surface area contributed by atoms with E-state index in [9.17, 15) is 35.2 Å². The molecule has 3 rings (SSSR count). The molecule has 3 aromatic rings. The summed E-state index contributed by atoms with van der Waals surface area (Å²) in [6.45, 7) is -1.08. The lowest BCUT2D eigenvalue weighted by atomic mass is 10.2. The Morgan fingerprint density at radius 2 is 1.55 bits per heavy atom. The van der Waals surface area contributed by atoms with Crippen molar-refractivity contribution in [3.8, 4) is 0 Å². The summed E-state index contributed by atoms with van der Waals surface area (Å²) in [6, 6.07) is 11.7. The van der Waals surface area contributed by atoms with Crippen LogP contribution >= 0.6 is 11.6 Å². The van der Waals surface area contributed by atoms with Crippen LogP contribution in [0.2, 0.25) is 5.02 Å².